The van der Waals surface area contributed by atoms with E-state index in [0.29, 0.717) is 23.1 Å². The van der Waals surface area contributed by atoms with Crippen LogP contribution in [0.4, 0.5) is 11.5 Å². The highest BCUT2D eigenvalue weighted by atomic mass is 32.1. The molecule has 5 N–H and O–H groups in total. The largest absolute Gasteiger partial charge is 0.497 e. The smallest absolute Gasteiger partial charge is 0.348 e. The zero-order valence-electron chi connectivity index (χ0n) is 19.6. The van der Waals surface area contributed by atoms with E-state index in [0.717, 1.165) is 78.2 Å². The first-order chi connectivity index (χ1) is 16.4. The highest BCUT2D eigenvalue weighted by Crippen LogP contribution is 2.37. The van der Waals surface area contributed by atoms with E-state index >= 15 is 0 Å². The van der Waals surface area contributed by atoms with Gasteiger partial charge in [0.25, 0.3) is 0 Å². The SMILES string of the molecule is CCCc1cc(N2CCC(NCC(O)c3ccc(OC)cc3)CC2)nc2sc(C(=O)O)c(N)c12. The summed E-state index contributed by atoms with van der Waals surface area (Å²) in [6, 6.07) is 9.87. The highest BCUT2D eigenvalue weighted by molar-refractivity contribution is 7.21. The first-order valence-electron chi connectivity index (χ1n) is 11.7. The number of benzene rings is 1. The van der Waals surface area contributed by atoms with Crippen molar-refractivity contribution in [1.82, 2.24) is 10.3 Å². The second kappa shape index (κ2) is 10.6. The molecule has 0 radical (unpaired) electrons. The molecule has 1 unspecified atom stereocenters. The first-order valence-corrected chi connectivity index (χ1v) is 12.5. The maximum atomic E-state index is 11.6. The molecule has 1 atom stereocenters. The molecule has 0 amide bonds. The number of rotatable bonds is 9. The molecule has 0 spiro atoms. The van der Waals surface area contributed by atoms with Gasteiger partial charge in [-0.2, -0.15) is 0 Å². The summed E-state index contributed by atoms with van der Waals surface area (Å²) in [5.74, 6) is 0.647. The lowest BCUT2D eigenvalue weighted by Crippen LogP contribution is -2.44. The van der Waals surface area contributed by atoms with Gasteiger partial charge in [0.15, 0.2) is 0 Å². The van der Waals surface area contributed by atoms with Crippen LogP contribution >= 0.6 is 11.3 Å². The fourth-order valence-electron chi connectivity index (χ4n) is 4.51. The molecule has 3 heterocycles. The summed E-state index contributed by atoms with van der Waals surface area (Å²) in [6.45, 7) is 4.28. The predicted molar refractivity (Wildman–Crippen MR) is 136 cm³/mol. The number of pyridine rings is 1. The van der Waals surface area contributed by atoms with Gasteiger partial charge in [-0.05, 0) is 48.6 Å². The molecule has 1 saturated heterocycles. The van der Waals surface area contributed by atoms with E-state index in [4.69, 9.17) is 15.5 Å². The number of carboxylic acids is 1. The van der Waals surface area contributed by atoms with E-state index in [1.54, 1.807) is 7.11 Å². The number of nitrogens with one attached hydrogen (secondary N) is 1. The molecule has 8 nitrogen and oxygen atoms in total. The Morgan fingerprint density at radius 2 is 2.03 bits per heavy atom. The maximum Gasteiger partial charge on any atom is 0.348 e. The second-order valence-electron chi connectivity index (χ2n) is 8.68. The van der Waals surface area contributed by atoms with E-state index in [9.17, 15) is 15.0 Å². The number of anilines is 2. The van der Waals surface area contributed by atoms with Gasteiger partial charge in [0.05, 0.1) is 18.9 Å². The van der Waals surface area contributed by atoms with Crippen LogP contribution in [-0.4, -0.2) is 54.0 Å². The number of aliphatic hydroxyl groups is 1. The Labute approximate surface area is 203 Å². The van der Waals surface area contributed by atoms with Gasteiger partial charge in [-0.1, -0.05) is 25.5 Å². The number of aromatic carboxylic acids is 1. The van der Waals surface area contributed by atoms with Gasteiger partial charge >= 0.3 is 5.97 Å². The number of nitrogen functional groups attached to an aromatic ring is 1. The minimum Gasteiger partial charge on any atom is -0.497 e. The van der Waals surface area contributed by atoms with Crippen LogP contribution < -0.4 is 20.7 Å². The van der Waals surface area contributed by atoms with E-state index in [-0.39, 0.29) is 4.88 Å². The van der Waals surface area contributed by atoms with Gasteiger partial charge in [0.1, 0.15) is 21.3 Å². The molecule has 34 heavy (non-hydrogen) atoms. The molecule has 2 aromatic heterocycles. The molecule has 9 heteroatoms. The van der Waals surface area contributed by atoms with Crippen LogP contribution in [0.2, 0.25) is 0 Å². The summed E-state index contributed by atoms with van der Waals surface area (Å²) in [4.78, 5) is 19.5. The Bertz CT molecular complexity index is 1140. The van der Waals surface area contributed by atoms with E-state index in [2.05, 4.69) is 23.2 Å². The van der Waals surface area contributed by atoms with Crippen molar-refractivity contribution in [1.29, 1.82) is 0 Å². The van der Waals surface area contributed by atoms with Gasteiger partial charge in [0.2, 0.25) is 0 Å². The van der Waals surface area contributed by atoms with Gasteiger partial charge < -0.3 is 30.9 Å². The molecule has 0 saturated carbocycles. The zero-order valence-corrected chi connectivity index (χ0v) is 20.4. The molecule has 1 aliphatic heterocycles. The number of thiophene rings is 1. The highest BCUT2D eigenvalue weighted by Gasteiger charge is 2.24. The number of fused-ring (bicyclic) bond motifs is 1. The number of aliphatic hydroxyl groups excluding tert-OH is 1. The van der Waals surface area contributed by atoms with Gasteiger partial charge in [-0.15, -0.1) is 11.3 Å². The molecule has 0 aliphatic carbocycles. The summed E-state index contributed by atoms with van der Waals surface area (Å²) in [6.07, 6.45) is 3.07. The van der Waals surface area contributed by atoms with Crippen LogP contribution in [-0.2, 0) is 6.42 Å². The number of carboxylic acid groups (broad SMARTS) is 1. The van der Waals surface area contributed by atoms with E-state index in [1.165, 1.54) is 0 Å². The minimum atomic E-state index is -1.01. The first kappa shape index (κ1) is 24.3. The van der Waals surface area contributed by atoms with E-state index < -0.39 is 12.1 Å². The molecular weight excluding hydrogens is 452 g/mol. The molecule has 182 valence electrons. The number of carbonyl (C=O) groups is 1. The molecule has 1 fully saturated rings. The number of hydrogen-bond acceptors (Lipinski definition) is 8. The molecule has 0 bridgehead atoms. The second-order valence-corrected chi connectivity index (χ2v) is 9.68. The third-order valence-corrected chi connectivity index (χ3v) is 7.49. The Morgan fingerprint density at radius 1 is 1.32 bits per heavy atom. The van der Waals surface area contributed by atoms with Crippen LogP contribution in [0.5, 0.6) is 5.75 Å². The summed E-state index contributed by atoms with van der Waals surface area (Å²) in [5.41, 5.74) is 8.43. The zero-order chi connectivity index (χ0) is 24.2. The van der Waals surface area contributed by atoms with Crippen molar-refractivity contribution >= 4 is 39.0 Å². The summed E-state index contributed by atoms with van der Waals surface area (Å²) < 4.78 is 5.17. The summed E-state index contributed by atoms with van der Waals surface area (Å²) >= 11 is 1.15. The third-order valence-electron chi connectivity index (χ3n) is 6.40. The normalized spacial score (nSPS) is 15.6. The molecule has 4 rings (SSSR count). The minimum absolute atomic E-state index is 0.162. The van der Waals surface area contributed by atoms with Crippen molar-refractivity contribution in [2.24, 2.45) is 0 Å². The fourth-order valence-corrected chi connectivity index (χ4v) is 5.48. The predicted octanol–water partition coefficient (Wildman–Crippen LogP) is 3.83. The number of ether oxygens (including phenoxy) is 1. The number of aromatic nitrogens is 1. The number of nitrogens with two attached hydrogens (primary N) is 1. The Morgan fingerprint density at radius 3 is 2.65 bits per heavy atom. The molecule has 1 aliphatic rings. The van der Waals surface area contributed by atoms with Gasteiger partial charge in [0, 0.05) is 31.1 Å². The lowest BCUT2D eigenvalue weighted by molar-refractivity contribution is 0.0703. The van der Waals surface area contributed by atoms with E-state index in [1.807, 2.05) is 24.3 Å². The third kappa shape index (κ3) is 5.11. The van der Waals surface area contributed by atoms with Crippen LogP contribution in [0.3, 0.4) is 0 Å². The number of aryl methyl sites for hydroxylation is 1. The van der Waals surface area contributed by atoms with Crippen molar-refractivity contribution in [2.45, 2.75) is 44.8 Å². The van der Waals surface area contributed by atoms with Crippen molar-refractivity contribution in [3.8, 4) is 5.75 Å². The maximum absolute atomic E-state index is 11.6. The monoisotopic (exact) mass is 484 g/mol. The summed E-state index contributed by atoms with van der Waals surface area (Å²) in [7, 11) is 1.63. The van der Waals surface area contributed by atoms with Gasteiger partial charge in [-0.25, -0.2) is 9.78 Å². The average Bonchev–Trinajstić information content (AvgIpc) is 3.20. The molecular formula is C25H32N4O4S. The average molecular weight is 485 g/mol. The number of methoxy groups -OCH3 is 1. The standard InChI is InChI=1S/C25H32N4O4S/c1-3-4-16-13-20(28-24-21(16)22(26)23(34-24)25(31)32)29-11-9-17(10-12-29)27-14-19(30)15-5-7-18(33-2)8-6-15/h5-8,13,17,19,27,30H,3-4,9-12,14,26H2,1-2H3,(H,31,32). The Balaban J connectivity index is 1.40. The lowest BCUT2D eigenvalue weighted by Gasteiger charge is -2.34. The summed E-state index contributed by atoms with van der Waals surface area (Å²) in [5, 5.41) is 24.3. The number of piperidine rings is 1. The number of nitrogens with zero attached hydrogens (tertiary/aromatic N) is 2. The van der Waals surface area contributed by atoms with Crippen LogP contribution in [0.25, 0.3) is 10.2 Å². The van der Waals surface area contributed by atoms with Crippen LogP contribution in [0, 0.1) is 0 Å². The van der Waals surface area contributed by atoms with Crippen molar-refractivity contribution in [2.75, 3.05) is 37.4 Å². The Hall–Kier alpha value is -2.88. The molecule has 3 aromatic rings. The van der Waals surface area contributed by atoms with Crippen molar-refractivity contribution in [3.63, 3.8) is 0 Å². The van der Waals surface area contributed by atoms with Crippen molar-refractivity contribution in [3.05, 3.63) is 46.3 Å². The fraction of sp³-hybridized carbons (Fsp3) is 0.440. The van der Waals surface area contributed by atoms with Crippen LogP contribution in [0.15, 0.2) is 30.3 Å². The van der Waals surface area contributed by atoms with Crippen molar-refractivity contribution < 1.29 is 19.7 Å². The number of hydrogen-bond donors (Lipinski definition) is 4. The topological polar surface area (TPSA) is 121 Å². The quantitative estimate of drug-likeness (QED) is 0.362. The Kier molecular flexibility index (Phi) is 7.55. The molecule has 1 aromatic carbocycles. The van der Waals surface area contributed by atoms with Crippen LogP contribution in [0.1, 0.15) is 53.1 Å². The lowest BCUT2D eigenvalue weighted by atomic mass is 10.0. The van der Waals surface area contributed by atoms with Gasteiger partial charge in [-0.3, -0.25) is 0 Å².